The molecule has 1 unspecified atom stereocenters. The highest BCUT2D eigenvalue weighted by molar-refractivity contribution is 5.93. The Morgan fingerprint density at radius 2 is 2.12 bits per heavy atom. The molecule has 0 saturated carbocycles. The van der Waals surface area contributed by atoms with Gasteiger partial charge >= 0.3 is 0 Å². The van der Waals surface area contributed by atoms with Crippen molar-refractivity contribution in [2.24, 2.45) is 11.7 Å². The minimum absolute atomic E-state index is 0.00347. The number of nitrogens with two attached hydrogens (primary N) is 1. The quantitative estimate of drug-likeness (QED) is 0.771. The van der Waals surface area contributed by atoms with Crippen LogP contribution >= 0.6 is 0 Å². The SMILES string of the molecule is CCC(CC)C(N)CNC(=O)c1ccnnc1. The van der Waals surface area contributed by atoms with E-state index in [2.05, 4.69) is 29.4 Å². The van der Waals surface area contributed by atoms with Crippen molar-refractivity contribution in [3.63, 3.8) is 0 Å². The molecule has 0 fully saturated rings. The van der Waals surface area contributed by atoms with E-state index < -0.39 is 0 Å². The minimum Gasteiger partial charge on any atom is -0.350 e. The molecule has 5 heteroatoms. The van der Waals surface area contributed by atoms with E-state index in [0.717, 1.165) is 12.8 Å². The molecule has 94 valence electrons. The fourth-order valence-electron chi connectivity index (χ4n) is 1.80. The highest BCUT2D eigenvalue weighted by Crippen LogP contribution is 2.10. The third kappa shape index (κ3) is 4.11. The van der Waals surface area contributed by atoms with Gasteiger partial charge in [0, 0.05) is 12.6 Å². The lowest BCUT2D eigenvalue weighted by atomic mass is 9.95. The van der Waals surface area contributed by atoms with Crippen LogP contribution in [0.2, 0.25) is 0 Å². The van der Waals surface area contributed by atoms with E-state index in [1.165, 1.54) is 12.4 Å². The van der Waals surface area contributed by atoms with E-state index in [-0.39, 0.29) is 11.9 Å². The number of aromatic nitrogens is 2. The molecule has 1 aromatic rings. The number of hydrogen-bond acceptors (Lipinski definition) is 4. The maximum Gasteiger partial charge on any atom is 0.253 e. The van der Waals surface area contributed by atoms with Gasteiger partial charge in [-0.25, -0.2) is 0 Å². The van der Waals surface area contributed by atoms with Gasteiger partial charge in [-0.2, -0.15) is 10.2 Å². The summed E-state index contributed by atoms with van der Waals surface area (Å²) in [5.74, 6) is 0.298. The van der Waals surface area contributed by atoms with Gasteiger partial charge in [-0.05, 0) is 12.0 Å². The van der Waals surface area contributed by atoms with E-state index in [9.17, 15) is 4.79 Å². The van der Waals surface area contributed by atoms with Crippen molar-refractivity contribution in [1.29, 1.82) is 0 Å². The minimum atomic E-state index is -0.152. The summed E-state index contributed by atoms with van der Waals surface area (Å²) >= 11 is 0. The van der Waals surface area contributed by atoms with Gasteiger partial charge in [0.1, 0.15) is 0 Å². The van der Waals surface area contributed by atoms with Gasteiger partial charge in [0.05, 0.1) is 18.0 Å². The topological polar surface area (TPSA) is 80.9 Å². The highest BCUT2D eigenvalue weighted by atomic mass is 16.1. The number of carbonyl (C=O) groups excluding carboxylic acids is 1. The Morgan fingerprint density at radius 1 is 1.41 bits per heavy atom. The maximum atomic E-state index is 11.7. The molecular formula is C12H20N4O. The number of hydrogen-bond donors (Lipinski definition) is 2. The van der Waals surface area contributed by atoms with Crippen molar-refractivity contribution >= 4 is 5.91 Å². The molecule has 1 aromatic heterocycles. The van der Waals surface area contributed by atoms with Crippen LogP contribution in [0.3, 0.4) is 0 Å². The molecular weight excluding hydrogens is 216 g/mol. The molecule has 0 aliphatic heterocycles. The Labute approximate surface area is 102 Å². The molecule has 0 aliphatic carbocycles. The monoisotopic (exact) mass is 236 g/mol. The average molecular weight is 236 g/mol. The lowest BCUT2D eigenvalue weighted by Gasteiger charge is -2.21. The van der Waals surface area contributed by atoms with Gasteiger partial charge in [-0.3, -0.25) is 4.79 Å². The lowest BCUT2D eigenvalue weighted by molar-refractivity contribution is 0.0947. The van der Waals surface area contributed by atoms with Crippen molar-refractivity contribution in [3.8, 4) is 0 Å². The molecule has 0 spiro atoms. The predicted molar refractivity (Wildman–Crippen MR) is 66.4 cm³/mol. The molecule has 1 rings (SSSR count). The predicted octanol–water partition coefficient (Wildman–Crippen LogP) is 0.970. The van der Waals surface area contributed by atoms with Crippen LogP contribution in [0.5, 0.6) is 0 Å². The van der Waals surface area contributed by atoms with Gasteiger partial charge in [0.2, 0.25) is 0 Å². The first-order valence-corrected chi connectivity index (χ1v) is 5.99. The van der Waals surface area contributed by atoms with Crippen molar-refractivity contribution in [2.75, 3.05) is 6.54 Å². The van der Waals surface area contributed by atoms with Gasteiger partial charge in [0.25, 0.3) is 5.91 Å². The van der Waals surface area contributed by atoms with Gasteiger partial charge in [0.15, 0.2) is 0 Å². The summed E-state index contributed by atoms with van der Waals surface area (Å²) in [6.07, 6.45) is 5.00. The van der Waals surface area contributed by atoms with Crippen molar-refractivity contribution < 1.29 is 4.79 Å². The van der Waals surface area contributed by atoms with Crippen LogP contribution in [0, 0.1) is 5.92 Å². The smallest absolute Gasteiger partial charge is 0.253 e. The molecule has 0 radical (unpaired) electrons. The Kier molecular flexibility index (Phi) is 5.56. The van der Waals surface area contributed by atoms with E-state index >= 15 is 0 Å². The number of carbonyl (C=O) groups is 1. The first-order chi connectivity index (χ1) is 8.19. The van der Waals surface area contributed by atoms with Crippen LogP contribution in [0.15, 0.2) is 18.5 Å². The molecule has 3 N–H and O–H groups in total. The summed E-state index contributed by atoms with van der Waals surface area (Å²) in [6, 6.07) is 1.63. The molecule has 0 aromatic carbocycles. The lowest BCUT2D eigenvalue weighted by Crippen LogP contribution is -2.41. The molecule has 0 aliphatic rings. The zero-order valence-electron chi connectivity index (χ0n) is 10.4. The van der Waals surface area contributed by atoms with Gasteiger partial charge in [-0.15, -0.1) is 0 Å². The zero-order chi connectivity index (χ0) is 12.7. The Morgan fingerprint density at radius 3 is 2.65 bits per heavy atom. The van der Waals surface area contributed by atoms with Crippen LogP contribution in [-0.4, -0.2) is 28.7 Å². The summed E-state index contributed by atoms with van der Waals surface area (Å²) in [5.41, 5.74) is 6.53. The second-order valence-corrected chi connectivity index (χ2v) is 4.08. The Balaban J connectivity index is 2.43. The second-order valence-electron chi connectivity index (χ2n) is 4.08. The van der Waals surface area contributed by atoms with Crippen LogP contribution in [0.1, 0.15) is 37.0 Å². The first kappa shape index (κ1) is 13.6. The van der Waals surface area contributed by atoms with Gasteiger partial charge < -0.3 is 11.1 Å². The molecule has 1 amide bonds. The number of nitrogens with zero attached hydrogens (tertiary/aromatic N) is 2. The molecule has 1 heterocycles. The van der Waals surface area contributed by atoms with E-state index in [0.29, 0.717) is 18.0 Å². The average Bonchev–Trinajstić information content (AvgIpc) is 2.38. The number of rotatable bonds is 6. The standard InChI is InChI=1S/C12H20N4O/c1-3-9(4-2)11(13)8-14-12(17)10-5-6-15-16-7-10/h5-7,9,11H,3-4,8,13H2,1-2H3,(H,14,17). The molecule has 0 bridgehead atoms. The number of amides is 1. The fraction of sp³-hybridized carbons (Fsp3) is 0.583. The van der Waals surface area contributed by atoms with E-state index in [4.69, 9.17) is 5.73 Å². The second kappa shape index (κ2) is 6.96. The third-order valence-electron chi connectivity index (χ3n) is 3.00. The van der Waals surface area contributed by atoms with Crippen LogP contribution in [0.4, 0.5) is 0 Å². The molecule has 1 atom stereocenters. The summed E-state index contributed by atoms with van der Waals surface area (Å²) in [4.78, 5) is 11.7. The highest BCUT2D eigenvalue weighted by Gasteiger charge is 2.15. The Hall–Kier alpha value is -1.49. The van der Waals surface area contributed by atoms with Crippen molar-refractivity contribution in [2.45, 2.75) is 32.7 Å². The molecule has 0 saturated heterocycles. The normalized spacial score (nSPS) is 12.5. The summed E-state index contributed by atoms with van der Waals surface area (Å²) < 4.78 is 0. The maximum absolute atomic E-state index is 11.7. The summed E-state index contributed by atoms with van der Waals surface area (Å²) in [5, 5.41) is 10.1. The molecule has 17 heavy (non-hydrogen) atoms. The largest absolute Gasteiger partial charge is 0.350 e. The van der Waals surface area contributed by atoms with Gasteiger partial charge in [-0.1, -0.05) is 26.7 Å². The fourth-order valence-corrected chi connectivity index (χ4v) is 1.80. The number of nitrogens with one attached hydrogen (secondary N) is 1. The summed E-state index contributed by atoms with van der Waals surface area (Å²) in [7, 11) is 0. The Bertz CT molecular complexity index is 338. The van der Waals surface area contributed by atoms with Crippen LogP contribution in [0.25, 0.3) is 0 Å². The van der Waals surface area contributed by atoms with E-state index in [1.807, 2.05) is 0 Å². The zero-order valence-corrected chi connectivity index (χ0v) is 10.4. The third-order valence-corrected chi connectivity index (χ3v) is 3.00. The van der Waals surface area contributed by atoms with E-state index in [1.54, 1.807) is 6.07 Å². The van der Waals surface area contributed by atoms with Crippen LogP contribution in [-0.2, 0) is 0 Å². The summed E-state index contributed by atoms with van der Waals surface area (Å²) in [6.45, 7) is 4.72. The van der Waals surface area contributed by atoms with Crippen molar-refractivity contribution in [1.82, 2.24) is 15.5 Å². The first-order valence-electron chi connectivity index (χ1n) is 5.99. The molecule has 5 nitrogen and oxygen atoms in total. The van der Waals surface area contributed by atoms with Crippen molar-refractivity contribution in [3.05, 3.63) is 24.0 Å². The van der Waals surface area contributed by atoms with Crippen LogP contribution < -0.4 is 11.1 Å².